The SMILES string of the molecule is COc1cnc(C(C)C(C)SNc2nnc(-c3cccc(OC)n3)n2C2CC2)nc1. The molecule has 158 valence electrons. The summed E-state index contributed by atoms with van der Waals surface area (Å²) < 4.78 is 15.9. The third-order valence-corrected chi connectivity index (χ3v) is 6.18. The number of hydrogen-bond acceptors (Lipinski definition) is 9. The molecule has 3 aromatic rings. The third-order valence-electron chi connectivity index (χ3n) is 5.10. The highest BCUT2D eigenvalue weighted by Crippen LogP contribution is 2.41. The summed E-state index contributed by atoms with van der Waals surface area (Å²) in [5.41, 5.74) is 0.750. The lowest BCUT2D eigenvalue weighted by Crippen LogP contribution is -2.15. The predicted octanol–water partition coefficient (Wildman–Crippen LogP) is 3.73. The van der Waals surface area contributed by atoms with Gasteiger partial charge in [-0.15, -0.1) is 10.2 Å². The standard InChI is InChI=1S/C20H25N7O2S/c1-12(18-21-10-15(28-3)11-22-18)13(2)30-26-20-25-24-19(27(20)14-8-9-14)16-6-5-7-17(23-16)29-4/h5-7,10-14H,8-9H2,1-4H3,(H,25,26). The number of hydrogen-bond donors (Lipinski definition) is 1. The molecule has 10 heteroatoms. The van der Waals surface area contributed by atoms with E-state index in [0.717, 1.165) is 36.1 Å². The van der Waals surface area contributed by atoms with Crippen molar-refractivity contribution in [2.45, 2.75) is 43.9 Å². The number of pyridine rings is 1. The lowest BCUT2D eigenvalue weighted by molar-refractivity contribution is 0.398. The summed E-state index contributed by atoms with van der Waals surface area (Å²) in [6.07, 6.45) is 5.61. The Hall–Kier alpha value is -2.88. The molecule has 3 aromatic heterocycles. The Kier molecular flexibility index (Phi) is 6.03. The topological polar surface area (TPSA) is 99.9 Å². The molecule has 3 heterocycles. The summed E-state index contributed by atoms with van der Waals surface area (Å²) in [7, 11) is 3.21. The highest BCUT2D eigenvalue weighted by molar-refractivity contribution is 8.01. The molecule has 0 aromatic carbocycles. The molecule has 9 nitrogen and oxygen atoms in total. The predicted molar refractivity (Wildman–Crippen MR) is 116 cm³/mol. The quantitative estimate of drug-likeness (QED) is 0.512. The minimum absolute atomic E-state index is 0.144. The second kappa shape index (κ2) is 8.86. The molecule has 4 rings (SSSR count). The second-order valence-corrected chi connectivity index (χ2v) is 8.39. The maximum atomic E-state index is 5.25. The van der Waals surface area contributed by atoms with E-state index in [0.29, 0.717) is 17.7 Å². The van der Waals surface area contributed by atoms with Crippen molar-refractivity contribution >= 4 is 17.9 Å². The van der Waals surface area contributed by atoms with E-state index in [2.05, 4.69) is 48.3 Å². The van der Waals surface area contributed by atoms with Crippen LogP contribution in [0.3, 0.4) is 0 Å². The molecule has 0 amide bonds. The summed E-state index contributed by atoms with van der Waals surface area (Å²) in [5, 5.41) is 9.00. The van der Waals surface area contributed by atoms with Crippen LogP contribution in [0.2, 0.25) is 0 Å². The first-order valence-corrected chi connectivity index (χ1v) is 10.7. The molecule has 1 N–H and O–H groups in total. The second-order valence-electron chi connectivity index (χ2n) is 7.21. The molecule has 0 saturated heterocycles. The average molecular weight is 428 g/mol. The lowest BCUT2D eigenvalue weighted by atomic mass is 10.1. The van der Waals surface area contributed by atoms with Crippen molar-refractivity contribution in [3.05, 3.63) is 36.4 Å². The van der Waals surface area contributed by atoms with E-state index in [1.807, 2.05) is 18.2 Å². The van der Waals surface area contributed by atoms with Gasteiger partial charge in [-0.3, -0.25) is 9.29 Å². The number of nitrogens with one attached hydrogen (secondary N) is 1. The Morgan fingerprint density at radius 3 is 2.53 bits per heavy atom. The number of nitrogens with zero attached hydrogens (tertiary/aromatic N) is 6. The maximum absolute atomic E-state index is 5.25. The summed E-state index contributed by atoms with van der Waals surface area (Å²) in [6.45, 7) is 4.25. The first-order valence-electron chi connectivity index (χ1n) is 9.84. The van der Waals surface area contributed by atoms with E-state index in [1.165, 1.54) is 0 Å². The minimum Gasteiger partial charge on any atom is -0.494 e. The van der Waals surface area contributed by atoms with Crippen molar-refractivity contribution in [2.75, 3.05) is 18.9 Å². The number of anilines is 1. The molecule has 1 aliphatic carbocycles. The monoisotopic (exact) mass is 427 g/mol. The van der Waals surface area contributed by atoms with Crippen molar-refractivity contribution in [3.8, 4) is 23.1 Å². The van der Waals surface area contributed by atoms with Gasteiger partial charge in [0.25, 0.3) is 0 Å². The Balaban J connectivity index is 1.48. The molecule has 2 unspecified atom stereocenters. The van der Waals surface area contributed by atoms with Crippen molar-refractivity contribution < 1.29 is 9.47 Å². The minimum atomic E-state index is 0.144. The highest BCUT2D eigenvalue weighted by atomic mass is 32.2. The van der Waals surface area contributed by atoms with Crippen LogP contribution in [-0.2, 0) is 0 Å². The van der Waals surface area contributed by atoms with Crippen LogP contribution in [0.1, 0.15) is 44.5 Å². The fraction of sp³-hybridized carbons (Fsp3) is 0.450. The van der Waals surface area contributed by atoms with E-state index in [1.54, 1.807) is 38.6 Å². The van der Waals surface area contributed by atoms with Crippen molar-refractivity contribution in [1.29, 1.82) is 0 Å². The Labute approximate surface area is 179 Å². The van der Waals surface area contributed by atoms with Crippen LogP contribution in [0.15, 0.2) is 30.6 Å². The third kappa shape index (κ3) is 4.33. The van der Waals surface area contributed by atoms with Gasteiger partial charge in [0.15, 0.2) is 11.6 Å². The zero-order valence-corrected chi connectivity index (χ0v) is 18.3. The number of aromatic nitrogens is 6. The number of ether oxygens (including phenoxy) is 2. The van der Waals surface area contributed by atoms with Crippen molar-refractivity contribution in [2.24, 2.45) is 0 Å². The lowest BCUT2D eigenvalue weighted by Gasteiger charge is -2.19. The smallest absolute Gasteiger partial charge is 0.235 e. The zero-order valence-electron chi connectivity index (χ0n) is 17.4. The van der Waals surface area contributed by atoms with Crippen LogP contribution in [0.25, 0.3) is 11.5 Å². The largest absolute Gasteiger partial charge is 0.494 e. The molecule has 1 saturated carbocycles. The Bertz CT molecular complexity index is 991. The van der Waals surface area contributed by atoms with Gasteiger partial charge in [-0.2, -0.15) is 0 Å². The fourth-order valence-corrected chi connectivity index (χ4v) is 3.75. The van der Waals surface area contributed by atoms with Crippen molar-refractivity contribution in [3.63, 3.8) is 0 Å². The van der Waals surface area contributed by atoms with Gasteiger partial charge >= 0.3 is 0 Å². The van der Waals surface area contributed by atoms with Gasteiger partial charge in [0.1, 0.15) is 11.5 Å². The van der Waals surface area contributed by atoms with Gasteiger partial charge in [-0.1, -0.05) is 19.9 Å². The van der Waals surface area contributed by atoms with E-state index in [9.17, 15) is 0 Å². The van der Waals surface area contributed by atoms with Crippen LogP contribution in [0.4, 0.5) is 5.95 Å². The molecular formula is C20H25N7O2S. The van der Waals surface area contributed by atoms with Gasteiger partial charge in [0.05, 0.1) is 26.6 Å². The summed E-state index contributed by atoms with van der Waals surface area (Å²) in [5.74, 6) is 3.62. The van der Waals surface area contributed by atoms with E-state index >= 15 is 0 Å². The molecular weight excluding hydrogens is 402 g/mol. The van der Waals surface area contributed by atoms with Crippen LogP contribution in [-0.4, -0.2) is 49.2 Å². The first-order chi connectivity index (χ1) is 14.6. The highest BCUT2D eigenvalue weighted by Gasteiger charge is 2.31. The summed E-state index contributed by atoms with van der Waals surface area (Å²) in [4.78, 5) is 13.3. The molecule has 30 heavy (non-hydrogen) atoms. The van der Waals surface area contributed by atoms with Crippen LogP contribution in [0, 0.1) is 0 Å². The van der Waals surface area contributed by atoms with E-state index < -0.39 is 0 Å². The molecule has 0 spiro atoms. The zero-order chi connectivity index (χ0) is 21.1. The van der Waals surface area contributed by atoms with Crippen LogP contribution < -0.4 is 14.2 Å². The fourth-order valence-electron chi connectivity index (χ4n) is 2.99. The van der Waals surface area contributed by atoms with Gasteiger partial charge < -0.3 is 9.47 Å². The number of methoxy groups -OCH3 is 2. The van der Waals surface area contributed by atoms with Crippen molar-refractivity contribution in [1.82, 2.24) is 29.7 Å². The normalized spacial score (nSPS) is 15.5. The van der Waals surface area contributed by atoms with Gasteiger partial charge in [-0.05, 0) is 30.9 Å². The van der Waals surface area contributed by atoms with E-state index in [4.69, 9.17) is 9.47 Å². The maximum Gasteiger partial charge on any atom is 0.235 e. The van der Waals surface area contributed by atoms with E-state index in [-0.39, 0.29) is 11.2 Å². The van der Waals surface area contributed by atoms with Gasteiger partial charge in [0.2, 0.25) is 11.8 Å². The molecule has 0 bridgehead atoms. The summed E-state index contributed by atoms with van der Waals surface area (Å²) in [6, 6.07) is 6.05. The molecule has 1 fully saturated rings. The van der Waals surface area contributed by atoms with Gasteiger partial charge in [0, 0.05) is 23.3 Å². The Morgan fingerprint density at radius 1 is 1.10 bits per heavy atom. The average Bonchev–Trinajstić information content (AvgIpc) is 3.55. The first kappa shape index (κ1) is 20.4. The molecule has 0 aliphatic heterocycles. The molecule has 1 aliphatic rings. The Morgan fingerprint density at radius 2 is 1.87 bits per heavy atom. The number of rotatable bonds is 9. The molecule has 2 atom stereocenters. The van der Waals surface area contributed by atoms with Crippen LogP contribution in [0.5, 0.6) is 11.6 Å². The van der Waals surface area contributed by atoms with Gasteiger partial charge in [-0.25, -0.2) is 15.0 Å². The summed E-state index contributed by atoms with van der Waals surface area (Å²) >= 11 is 1.59. The van der Waals surface area contributed by atoms with Crippen LogP contribution >= 0.6 is 11.9 Å². The molecule has 0 radical (unpaired) electrons.